The fourth-order valence-electron chi connectivity index (χ4n) is 2.64. The van der Waals surface area contributed by atoms with Gasteiger partial charge in [-0.15, -0.1) is 0 Å². The molecule has 0 unspecified atom stereocenters. The largest absolute Gasteiger partial charge is 0.384 e. The molecule has 2 aromatic rings. The first-order chi connectivity index (χ1) is 10.6. The molecule has 0 fully saturated rings. The van der Waals surface area contributed by atoms with Crippen LogP contribution in [-0.4, -0.2) is 37.7 Å². The Bertz CT molecular complexity index is 754. The van der Waals surface area contributed by atoms with Crippen molar-refractivity contribution in [3.05, 3.63) is 41.6 Å². The number of ether oxygens (including phenoxy) is 1. The normalized spacial score (nSPS) is 14.0. The lowest BCUT2D eigenvalue weighted by atomic mass is 10.2. The van der Waals surface area contributed by atoms with E-state index in [-0.39, 0.29) is 12.4 Å². The van der Waals surface area contributed by atoms with Gasteiger partial charge in [0.25, 0.3) is 0 Å². The highest BCUT2D eigenvalue weighted by molar-refractivity contribution is 7.92. The lowest BCUT2D eigenvalue weighted by molar-refractivity contribution is 0.217. The van der Waals surface area contributed by atoms with E-state index in [9.17, 15) is 8.42 Å². The Hall–Kier alpha value is -1.86. The van der Waals surface area contributed by atoms with E-state index >= 15 is 0 Å². The minimum absolute atomic E-state index is 0.0712. The third-order valence-electron chi connectivity index (χ3n) is 3.72. The molecule has 1 aliphatic carbocycles. The number of rotatable bonds is 6. The van der Waals surface area contributed by atoms with E-state index in [4.69, 9.17) is 4.74 Å². The van der Waals surface area contributed by atoms with Crippen LogP contribution in [0.5, 0.6) is 0 Å². The minimum Gasteiger partial charge on any atom is -0.384 e. The molecule has 0 saturated heterocycles. The highest BCUT2D eigenvalue weighted by Crippen LogP contribution is 2.31. The third kappa shape index (κ3) is 3.00. The summed E-state index contributed by atoms with van der Waals surface area (Å²) in [6.45, 7) is 0.164. The average molecular weight is 321 g/mol. The number of nitrogens with zero attached hydrogens (tertiary/aromatic N) is 2. The van der Waals surface area contributed by atoms with Crippen molar-refractivity contribution in [1.29, 1.82) is 0 Å². The van der Waals surface area contributed by atoms with Crippen molar-refractivity contribution in [3.8, 4) is 5.69 Å². The Kier molecular flexibility index (Phi) is 4.17. The maximum atomic E-state index is 12.2. The van der Waals surface area contributed by atoms with Crippen molar-refractivity contribution in [2.24, 2.45) is 0 Å². The Morgan fingerprint density at radius 3 is 2.77 bits per heavy atom. The van der Waals surface area contributed by atoms with Gasteiger partial charge in [0.1, 0.15) is 5.82 Å². The molecule has 1 aromatic heterocycles. The Labute approximate surface area is 130 Å². The Morgan fingerprint density at radius 2 is 2.05 bits per heavy atom. The topological polar surface area (TPSA) is 73.2 Å². The van der Waals surface area contributed by atoms with E-state index in [1.807, 2.05) is 30.3 Å². The van der Waals surface area contributed by atoms with E-state index in [1.165, 1.54) is 7.11 Å². The first-order valence-corrected chi connectivity index (χ1v) is 8.91. The van der Waals surface area contributed by atoms with E-state index in [2.05, 4.69) is 9.82 Å². The second kappa shape index (κ2) is 6.10. The molecular formula is C15H19N3O3S. The number of aryl methyl sites for hydroxylation is 1. The van der Waals surface area contributed by atoms with Crippen LogP contribution in [0.15, 0.2) is 30.3 Å². The molecule has 1 aromatic carbocycles. The van der Waals surface area contributed by atoms with Crippen molar-refractivity contribution < 1.29 is 13.2 Å². The molecule has 118 valence electrons. The second-order valence-electron chi connectivity index (χ2n) is 5.29. The summed E-state index contributed by atoms with van der Waals surface area (Å²) in [4.78, 5) is 0. The first kappa shape index (κ1) is 15.1. The summed E-state index contributed by atoms with van der Waals surface area (Å²) in [5.41, 5.74) is 2.83. The molecule has 0 spiro atoms. The lowest BCUT2D eigenvalue weighted by Gasteiger charge is -2.12. The number of para-hydroxylation sites is 1. The molecule has 0 radical (unpaired) electrons. The van der Waals surface area contributed by atoms with Crippen LogP contribution >= 0.6 is 0 Å². The zero-order valence-electron chi connectivity index (χ0n) is 12.4. The molecule has 0 bridgehead atoms. The van der Waals surface area contributed by atoms with E-state index in [1.54, 1.807) is 4.68 Å². The number of benzene rings is 1. The zero-order valence-corrected chi connectivity index (χ0v) is 13.3. The van der Waals surface area contributed by atoms with Gasteiger partial charge in [-0.2, -0.15) is 5.10 Å². The summed E-state index contributed by atoms with van der Waals surface area (Å²) in [6, 6.07) is 9.56. The number of sulfonamides is 1. The number of anilines is 1. The predicted molar refractivity (Wildman–Crippen MR) is 84.9 cm³/mol. The fraction of sp³-hybridized carbons (Fsp3) is 0.400. The monoisotopic (exact) mass is 321 g/mol. The number of aromatic nitrogens is 2. The number of nitrogens with one attached hydrogen (secondary N) is 1. The molecule has 0 saturated carbocycles. The van der Waals surface area contributed by atoms with E-state index < -0.39 is 10.0 Å². The van der Waals surface area contributed by atoms with Crippen LogP contribution in [0, 0.1) is 0 Å². The maximum Gasteiger partial charge on any atom is 0.236 e. The van der Waals surface area contributed by atoms with Gasteiger partial charge in [-0.05, 0) is 31.4 Å². The molecule has 0 aliphatic heterocycles. The van der Waals surface area contributed by atoms with Crippen LogP contribution in [0.4, 0.5) is 5.82 Å². The van der Waals surface area contributed by atoms with Crippen LogP contribution in [0.2, 0.25) is 0 Å². The van der Waals surface area contributed by atoms with Gasteiger partial charge in [-0.1, -0.05) is 18.2 Å². The van der Waals surface area contributed by atoms with Gasteiger partial charge >= 0.3 is 0 Å². The summed E-state index contributed by atoms with van der Waals surface area (Å²) < 4.78 is 33.7. The average Bonchev–Trinajstić information content (AvgIpc) is 3.09. The fourth-order valence-corrected chi connectivity index (χ4v) is 3.64. The molecule has 0 amide bonds. The molecule has 1 heterocycles. The quantitative estimate of drug-likeness (QED) is 0.880. The Balaban J connectivity index is 1.99. The zero-order chi connectivity index (χ0) is 15.6. The minimum atomic E-state index is -3.45. The van der Waals surface area contributed by atoms with E-state index in [0.29, 0.717) is 5.82 Å². The Morgan fingerprint density at radius 1 is 1.27 bits per heavy atom. The van der Waals surface area contributed by atoms with Gasteiger partial charge in [0, 0.05) is 12.7 Å². The maximum absolute atomic E-state index is 12.2. The predicted octanol–water partition coefficient (Wildman–Crippen LogP) is 1.75. The standard InChI is InChI=1S/C15H19N3O3S/c1-21-10-11-22(19,20)17-15-13-8-5-9-14(13)16-18(15)12-6-3-2-4-7-12/h2-4,6-7,17H,5,8-11H2,1H3. The van der Waals surface area contributed by atoms with Crippen molar-refractivity contribution in [2.75, 3.05) is 24.2 Å². The summed E-state index contributed by atoms with van der Waals surface area (Å²) >= 11 is 0. The highest BCUT2D eigenvalue weighted by atomic mass is 32.2. The molecule has 1 N–H and O–H groups in total. The van der Waals surface area contributed by atoms with Crippen molar-refractivity contribution in [3.63, 3.8) is 0 Å². The van der Waals surface area contributed by atoms with Gasteiger partial charge in [-0.3, -0.25) is 4.72 Å². The number of methoxy groups -OCH3 is 1. The highest BCUT2D eigenvalue weighted by Gasteiger charge is 2.25. The SMILES string of the molecule is COCCS(=O)(=O)Nc1c2c(nn1-c1ccccc1)CCC2. The van der Waals surface area contributed by atoms with Crippen LogP contribution in [-0.2, 0) is 27.6 Å². The summed E-state index contributed by atoms with van der Waals surface area (Å²) in [5, 5.41) is 4.58. The van der Waals surface area contributed by atoms with Gasteiger partial charge in [0.2, 0.25) is 10.0 Å². The second-order valence-corrected chi connectivity index (χ2v) is 7.13. The van der Waals surface area contributed by atoms with Crippen LogP contribution in [0.25, 0.3) is 5.69 Å². The number of fused-ring (bicyclic) bond motifs is 1. The molecule has 1 aliphatic rings. The summed E-state index contributed by atoms with van der Waals surface area (Å²) in [5.74, 6) is 0.493. The van der Waals surface area contributed by atoms with Crippen LogP contribution in [0.3, 0.4) is 0 Å². The van der Waals surface area contributed by atoms with Crippen molar-refractivity contribution in [1.82, 2.24) is 9.78 Å². The van der Waals surface area contributed by atoms with Crippen LogP contribution < -0.4 is 4.72 Å². The molecular weight excluding hydrogens is 302 g/mol. The van der Waals surface area contributed by atoms with Crippen molar-refractivity contribution in [2.45, 2.75) is 19.3 Å². The number of hydrogen-bond acceptors (Lipinski definition) is 4. The third-order valence-corrected chi connectivity index (χ3v) is 4.92. The molecule has 22 heavy (non-hydrogen) atoms. The first-order valence-electron chi connectivity index (χ1n) is 7.26. The molecule has 0 atom stereocenters. The smallest absolute Gasteiger partial charge is 0.236 e. The van der Waals surface area contributed by atoms with Gasteiger partial charge in [0.05, 0.1) is 23.7 Å². The summed E-state index contributed by atoms with van der Waals surface area (Å²) in [7, 11) is -1.97. The molecule has 7 heteroatoms. The number of hydrogen-bond donors (Lipinski definition) is 1. The summed E-state index contributed by atoms with van der Waals surface area (Å²) in [6.07, 6.45) is 2.76. The van der Waals surface area contributed by atoms with Gasteiger partial charge in [-0.25, -0.2) is 13.1 Å². The van der Waals surface area contributed by atoms with Gasteiger partial charge < -0.3 is 4.74 Å². The molecule has 3 rings (SSSR count). The van der Waals surface area contributed by atoms with Gasteiger partial charge in [0.15, 0.2) is 0 Å². The van der Waals surface area contributed by atoms with Crippen LogP contribution in [0.1, 0.15) is 17.7 Å². The van der Waals surface area contributed by atoms with E-state index in [0.717, 1.165) is 36.2 Å². The lowest BCUT2D eigenvalue weighted by Crippen LogP contribution is -2.22. The molecule has 6 nitrogen and oxygen atoms in total. The van der Waals surface area contributed by atoms with Crippen molar-refractivity contribution >= 4 is 15.8 Å².